The van der Waals surface area contributed by atoms with Crippen molar-refractivity contribution in [3.05, 3.63) is 52.0 Å². The Morgan fingerprint density at radius 1 is 1.35 bits per heavy atom. The number of anilines is 1. The molecule has 0 spiro atoms. The monoisotopic (exact) mass is 251 g/mol. The highest BCUT2D eigenvalue weighted by molar-refractivity contribution is 7.12. The fraction of sp³-hybridized carbons (Fsp3) is 0.231. The van der Waals surface area contributed by atoms with Crippen molar-refractivity contribution in [2.75, 3.05) is 11.9 Å². The summed E-state index contributed by atoms with van der Waals surface area (Å²) in [6.07, 6.45) is 0. The first-order valence-electron chi connectivity index (χ1n) is 5.38. The summed E-state index contributed by atoms with van der Waals surface area (Å²) in [5, 5.41) is 12.5. The van der Waals surface area contributed by atoms with Gasteiger partial charge >= 0.3 is 0 Å². The Labute approximate surface area is 104 Å². The molecule has 0 saturated carbocycles. The van der Waals surface area contributed by atoms with Gasteiger partial charge < -0.3 is 10.4 Å². The summed E-state index contributed by atoms with van der Waals surface area (Å²) < 4.78 is 13.0. The van der Waals surface area contributed by atoms with Crippen LogP contribution in [-0.4, -0.2) is 11.7 Å². The molecule has 0 fully saturated rings. The zero-order valence-electron chi connectivity index (χ0n) is 9.48. The van der Waals surface area contributed by atoms with Crippen molar-refractivity contribution in [1.82, 2.24) is 0 Å². The maximum absolute atomic E-state index is 13.0. The van der Waals surface area contributed by atoms with Crippen LogP contribution in [0.25, 0.3) is 0 Å². The second kappa shape index (κ2) is 5.29. The van der Waals surface area contributed by atoms with Crippen LogP contribution in [0.1, 0.15) is 15.8 Å². The molecule has 2 nitrogen and oxygen atoms in total. The Kier molecular flexibility index (Phi) is 3.76. The third kappa shape index (κ3) is 3.05. The maximum Gasteiger partial charge on any atom is 0.125 e. The van der Waals surface area contributed by atoms with Gasteiger partial charge in [-0.3, -0.25) is 0 Å². The number of benzene rings is 1. The Morgan fingerprint density at radius 2 is 2.18 bits per heavy atom. The van der Waals surface area contributed by atoms with Crippen LogP contribution >= 0.6 is 11.3 Å². The molecule has 0 amide bonds. The molecule has 2 rings (SSSR count). The highest BCUT2D eigenvalue weighted by Gasteiger charge is 2.12. The van der Waals surface area contributed by atoms with Crippen LogP contribution in [0.15, 0.2) is 36.4 Å². The molecule has 2 N–H and O–H groups in total. The van der Waals surface area contributed by atoms with E-state index < -0.39 is 0 Å². The van der Waals surface area contributed by atoms with Crippen LogP contribution < -0.4 is 5.32 Å². The second-order valence-electron chi connectivity index (χ2n) is 3.84. The number of hydrogen-bond acceptors (Lipinski definition) is 3. The summed E-state index contributed by atoms with van der Waals surface area (Å²) in [6.45, 7) is 2.00. The fourth-order valence-corrected chi connectivity index (χ4v) is 2.55. The molecule has 1 unspecified atom stereocenters. The molecule has 0 aliphatic carbocycles. The van der Waals surface area contributed by atoms with Gasteiger partial charge in [-0.25, -0.2) is 4.39 Å². The first-order chi connectivity index (χ1) is 8.19. The van der Waals surface area contributed by atoms with Gasteiger partial charge in [0.25, 0.3) is 0 Å². The van der Waals surface area contributed by atoms with Crippen molar-refractivity contribution >= 4 is 17.0 Å². The molecule has 0 aliphatic heterocycles. The quantitative estimate of drug-likeness (QED) is 0.873. The zero-order valence-corrected chi connectivity index (χ0v) is 10.3. The summed E-state index contributed by atoms with van der Waals surface area (Å²) in [7, 11) is 0. The molecule has 0 bridgehead atoms. The van der Waals surface area contributed by atoms with Crippen molar-refractivity contribution in [3.63, 3.8) is 0 Å². The van der Waals surface area contributed by atoms with Gasteiger partial charge in [-0.1, -0.05) is 6.07 Å². The van der Waals surface area contributed by atoms with E-state index in [1.54, 1.807) is 23.5 Å². The lowest BCUT2D eigenvalue weighted by Crippen LogP contribution is -2.13. The molecule has 17 heavy (non-hydrogen) atoms. The van der Waals surface area contributed by atoms with Crippen LogP contribution in [-0.2, 0) is 0 Å². The average Bonchev–Trinajstić information content (AvgIpc) is 2.73. The van der Waals surface area contributed by atoms with Gasteiger partial charge in [-0.05, 0) is 37.3 Å². The predicted molar refractivity (Wildman–Crippen MR) is 68.9 cm³/mol. The number of thiophene rings is 1. The van der Waals surface area contributed by atoms with Gasteiger partial charge in [0.1, 0.15) is 5.82 Å². The van der Waals surface area contributed by atoms with Crippen molar-refractivity contribution in [2.24, 2.45) is 0 Å². The lowest BCUT2D eigenvalue weighted by Gasteiger charge is -2.16. The normalized spacial score (nSPS) is 12.4. The molecule has 1 aromatic carbocycles. The summed E-state index contributed by atoms with van der Waals surface area (Å²) >= 11 is 1.63. The standard InChI is InChI=1S/C13H14FNOS/c1-9-5-6-13(17-9)12(8-16)15-11-4-2-3-10(14)7-11/h2-7,12,15-16H,8H2,1H3. The second-order valence-corrected chi connectivity index (χ2v) is 5.16. The molecule has 4 heteroatoms. The van der Waals surface area contributed by atoms with E-state index in [1.165, 1.54) is 17.0 Å². The number of aliphatic hydroxyl groups is 1. The van der Waals surface area contributed by atoms with Gasteiger partial charge in [-0.15, -0.1) is 11.3 Å². The van der Waals surface area contributed by atoms with Gasteiger partial charge in [0, 0.05) is 15.4 Å². The average molecular weight is 251 g/mol. The largest absolute Gasteiger partial charge is 0.394 e. The minimum atomic E-state index is -0.283. The Bertz CT molecular complexity index is 498. The van der Waals surface area contributed by atoms with Crippen LogP contribution in [0, 0.1) is 12.7 Å². The molecule has 0 saturated heterocycles. The Morgan fingerprint density at radius 3 is 2.76 bits per heavy atom. The topological polar surface area (TPSA) is 32.3 Å². The van der Waals surface area contributed by atoms with Crippen molar-refractivity contribution < 1.29 is 9.50 Å². The number of halogens is 1. The van der Waals surface area contributed by atoms with Crippen LogP contribution in [0.4, 0.5) is 10.1 Å². The molecular formula is C13H14FNOS. The van der Waals surface area contributed by atoms with Gasteiger partial charge in [0.05, 0.1) is 12.6 Å². The SMILES string of the molecule is Cc1ccc(C(CO)Nc2cccc(F)c2)s1. The molecule has 1 atom stereocenters. The Hall–Kier alpha value is -1.39. The van der Waals surface area contributed by atoms with E-state index in [9.17, 15) is 9.50 Å². The van der Waals surface area contributed by atoms with Crippen LogP contribution in [0.2, 0.25) is 0 Å². The Balaban J connectivity index is 2.15. The summed E-state index contributed by atoms with van der Waals surface area (Å²) in [5.41, 5.74) is 0.676. The van der Waals surface area contributed by atoms with Crippen molar-refractivity contribution in [2.45, 2.75) is 13.0 Å². The molecular weight excluding hydrogens is 237 g/mol. The first kappa shape index (κ1) is 12.1. The third-order valence-corrected chi connectivity index (χ3v) is 3.57. The van der Waals surface area contributed by atoms with Gasteiger partial charge in [0.2, 0.25) is 0 Å². The summed E-state index contributed by atoms with van der Waals surface area (Å²) in [5.74, 6) is -0.283. The van der Waals surface area contributed by atoms with E-state index in [-0.39, 0.29) is 18.5 Å². The smallest absolute Gasteiger partial charge is 0.125 e. The van der Waals surface area contributed by atoms with Gasteiger partial charge in [0.15, 0.2) is 0 Å². The van der Waals surface area contributed by atoms with Crippen LogP contribution in [0.3, 0.4) is 0 Å². The first-order valence-corrected chi connectivity index (χ1v) is 6.20. The summed E-state index contributed by atoms with van der Waals surface area (Å²) in [6, 6.07) is 10.1. The lowest BCUT2D eigenvalue weighted by atomic mass is 10.2. The van der Waals surface area contributed by atoms with Crippen molar-refractivity contribution in [3.8, 4) is 0 Å². The van der Waals surface area contributed by atoms with Crippen LogP contribution in [0.5, 0.6) is 0 Å². The van der Waals surface area contributed by atoms with E-state index in [2.05, 4.69) is 5.32 Å². The van der Waals surface area contributed by atoms with E-state index in [1.807, 2.05) is 19.1 Å². The number of aliphatic hydroxyl groups excluding tert-OH is 1. The zero-order chi connectivity index (χ0) is 12.3. The summed E-state index contributed by atoms with van der Waals surface area (Å²) in [4.78, 5) is 2.24. The van der Waals surface area contributed by atoms with E-state index >= 15 is 0 Å². The molecule has 0 aliphatic rings. The minimum absolute atomic E-state index is 0.0174. The van der Waals surface area contributed by atoms with E-state index in [0.717, 1.165) is 4.88 Å². The number of hydrogen-bond donors (Lipinski definition) is 2. The lowest BCUT2D eigenvalue weighted by molar-refractivity contribution is 0.277. The molecule has 1 heterocycles. The molecule has 90 valence electrons. The third-order valence-electron chi connectivity index (χ3n) is 2.45. The predicted octanol–water partition coefficient (Wildman–Crippen LogP) is 3.34. The number of rotatable bonds is 4. The minimum Gasteiger partial charge on any atom is -0.394 e. The molecule has 2 aromatic rings. The molecule has 1 aromatic heterocycles. The highest BCUT2D eigenvalue weighted by atomic mass is 32.1. The number of nitrogens with one attached hydrogen (secondary N) is 1. The van der Waals surface area contributed by atoms with Gasteiger partial charge in [-0.2, -0.15) is 0 Å². The molecule has 0 radical (unpaired) electrons. The van der Waals surface area contributed by atoms with Crippen molar-refractivity contribution in [1.29, 1.82) is 0 Å². The van der Waals surface area contributed by atoms with E-state index in [0.29, 0.717) is 5.69 Å². The van der Waals surface area contributed by atoms with E-state index in [4.69, 9.17) is 0 Å². The fourth-order valence-electron chi connectivity index (χ4n) is 1.63. The highest BCUT2D eigenvalue weighted by Crippen LogP contribution is 2.26. The number of aryl methyl sites for hydroxylation is 1. The maximum atomic E-state index is 13.0.